The molecule has 6 nitrogen and oxygen atoms in total. The molecule has 0 aromatic heterocycles. The van der Waals surface area contributed by atoms with Crippen molar-refractivity contribution in [1.29, 1.82) is 0 Å². The summed E-state index contributed by atoms with van der Waals surface area (Å²) in [5.74, 6) is -0.606. The van der Waals surface area contributed by atoms with Gasteiger partial charge in [0.15, 0.2) is 5.78 Å². The maximum absolute atomic E-state index is 12.1. The van der Waals surface area contributed by atoms with Gasteiger partial charge in [-0.2, -0.15) is 0 Å². The molecule has 5 N–H and O–H groups in total. The Kier molecular flexibility index (Phi) is 4.76. The van der Waals surface area contributed by atoms with Crippen LogP contribution in [0.4, 0.5) is 0 Å². The number of aliphatic hydroxyl groups excluding tert-OH is 3. The predicted molar refractivity (Wildman–Crippen MR) is 90.3 cm³/mol. The number of rotatable bonds is 0. The molecule has 0 spiro atoms. The zero-order chi connectivity index (χ0) is 18.1. The zero-order valence-electron chi connectivity index (χ0n) is 13.5. The lowest BCUT2D eigenvalue weighted by Crippen LogP contribution is -2.43. The van der Waals surface area contributed by atoms with Gasteiger partial charge in [-0.1, -0.05) is 12.1 Å². The smallest absolute Gasteiger partial charge is 0.164 e. The molecule has 2 aromatic rings. The van der Waals surface area contributed by atoms with Gasteiger partial charge in [0.05, 0.1) is 6.10 Å². The molecule has 6 heteroatoms. The number of fused-ring (bicyclic) bond motifs is 5. The highest BCUT2D eigenvalue weighted by Crippen LogP contribution is 2.37. The van der Waals surface area contributed by atoms with Crippen LogP contribution in [0.3, 0.4) is 0 Å². The van der Waals surface area contributed by atoms with E-state index in [0.717, 1.165) is 5.56 Å². The highest BCUT2D eigenvalue weighted by atomic mass is 16.4. The normalized spacial score (nSPS) is 24.1. The number of aromatic hydroxyl groups is 2. The average molecular weight is 344 g/mol. The first-order chi connectivity index (χ1) is 11.9. The van der Waals surface area contributed by atoms with Gasteiger partial charge in [-0.3, -0.25) is 4.79 Å². The minimum Gasteiger partial charge on any atom is -0.507 e. The van der Waals surface area contributed by atoms with Crippen LogP contribution in [0, 0.1) is 0 Å². The minimum absolute atomic E-state index is 0.0146. The van der Waals surface area contributed by atoms with Crippen molar-refractivity contribution >= 4 is 5.78 Å². The van der Waals surface area contributed by atoms with Crippen molar-refractivity contribution in [3.63, 3.8) is 0 Å². The van der Waals surface area contributed by atoms with Gasteiger partial charge in [-0.15, -0.1) is 0 Å². The van der Waals surface area contributed by atoms with Crippen molar-refractivity contribution in [2.45, 2.75) is 37.6 Å². The fourth-order valence-electron chi connectivity index (χ4n) is 3.06. The molecule has 1 aliphatic carbocycles. The second-order valence-electron chi connectivity index (χ2n) is 6.38. The molecular formula is C19H20O6. The molecule has 2 aromatic carbocycles. The molecule has 0 aliphatic heterocycles. The molecule has 0 saturated heterocycles. The second kappa shape index (κ2) is 6.84. The standard InChI is InChI=1S/C19H20O6/c20-14-4-1-10-2-6-16(22)18(24)19(25)17(23)9-11-3-5-15(21)13(8-11)12(14)7-10/h1,3-5,7-8,17-21,23-25H,2,6,9H2/t17-,18-,19-/m0/s1. The van der Waals surface area contributed by atoms with Crippen LogP contribution >= 0.6 is 0 Å². The second-order valence-corrected chi connectivity index (χ2v) is 6.38. The Bertz CT molecular complexity index is 800. The molecule has 132 valence electrons. The Balaban J connectivity index is 2.12. The van der Waals surface area contributed by atoms with E-state index < -0.39 is 24.1 Å². The van der Waals surface area contributed by atoms with E-state index in [1.54, 1.807) is 24.3 Å². The van der Waals surface area contributed by atoms with E-state index in [2.05, 4.69) is 0 Å². The SMILES string of the molecule is O=C1CCc2ccc(O)c(c2)-c2cc(ccc2O)C[C@H](O)[C@H](O)[C@H]1O. The molecule has 0 fully saturated rings. The number of phenols is 2. The van der Waals surface area contributed by atoms with E-state index in [9.17, 15) is 30.3 Å². The summed E-state index contributed by atoms with van der Waals surface area (Å²) in [6, 6.07) is 9.45. The number of hydrogen-bond acceptors (Lipinski definition) is 6. The highest BCUT2D eigenvalue weighted by molar-refractivity contribution is 5.84. The van der Waals surface area contributed by atoms with Crippen molar-refractivity contribution in [2.75, 3.05) is 0 Å². The number of benzene rings is 2. The minimum atomic E-state index is -1.66. The molecule has 4 bridgehead atoms. The van der Waals surface area contributed by atoms with Crippen LogP contribution in [0.1, 0.15) is 17.5 Å². The summed E-state index contributed by atoms with van der Waals surface area (Å²) in [6.45, 7) is 0. The molecular weight excluding hydrogens is 324 g/mol. The maximum Gasteiger partial charge on any atom is 0.164 e. The molecule has 0 heterocycles. The number of aryl methyl sites for hydroxylation is 1. The van der Waals surface area contributed by atoms with Crippen LogP contribution in [0.5, 0.6) is 11.5 Å². The van der Waals surface area contributed by atoms with Crippen LogP contribution in [0.15, 0.2) is 36.4 Å². The van der Waals surface area contributed by atoms with Crippen molar-refractivity contribution in [3.8, 4) is 22.6 Å². The van der Waals surface area contributed by atoms with Gasteiger partial charge >= 0.3 is 0 Å². The third-order valence-electron chi connectivity index (χ3n) is 4.56. The van der Waals surface area contributed by atoms with E-state index in [-0.39, 0.29) is 24.3 Å². The number of carbonyl (C=O) groups is 1. The van der Waals surface area contributed by atoms with E-state index in [1.807, 2.05) is 0 Å². The Hall–Kier alpha value is -2.41. The predicted octanol–water partition coefficient (Wildman–Crippen LogP) is 0.905. The van der Waals surface area contributed by atoms with Crippen molar-refractivity contribution in [1.82, 2.24) is 0 Å². The lowest BCUT2D eigenvalue weighted by molar-refractivity contribution is -0.138. The van der Waals surface area contributed by atoms with Crippen molar-refractivity contribution in [3.05, 3.63) is 47.5 Å². The average Bonchev–Trinajstić information content (AvgIpc) is 2.60. The van der Waals surface area contributed by atoms with Crippen molar-refractivity contribution in [2.24, 2.45) is 0 Å². The first kappa shape index (κ1) is 17.4. The first-order valence-electron chi connectivity index (χ1n) is 8.08. The fraction of sp³-hybridized carbons (Fsp3) is 0.316. The van der Waals surface area contributed by atoms with E-state index in [1.165, 1.54) is 12.1 Å². The Morgan fingerprint density at radius 2 is 1.36 bits per heavy atom. The summed E-state index contributed by atoms with van der Waals surface area (Å²) >= 11 is 0. The van der Waals surface area contributed by atoms with Crippen LogP contribution in [0.2, 0.25) is 0 Å². The molecule has 1 aliphatic rings. The third-order valence-corrected chi connectivity index (χ3v) is 4.56. The summed E-state index contributed by atoms with van der Waals surface area (Å²) in [7, 11) is 0. The molecule has 0 radical (unpaired) electrons. The highest BCUT2D eigenvalue weighted by Gasteiger charge is 2.30. The number of aliphatic hydroxyl groups is 3. The van der Waals surface area contributed by atoms with Crippen LogP contribution in [0.25, 0.3) is 11.1 Å². The van der Waals surface area contributed by atoms with Gasteiger partial charge in [0.25, 0.3) is 0 Å². The van der Waals surface area contributed by atoms with E-state index >= 15 is 0 Å². The Morgan fingerprint density at radius 3 is 2.00 bits per heavy atom. The summed E-state index contributed by atoms with van der Waals surface area (Å²) in [6.07, 6.45) is -4.33. The fourth-order valence-corrected chi connectivity index (χ4v) is 3.06. The van der Waals surface area contributed by atoms with Crippen LogP contribution in [-0.2, 0) is 17.6 Å². The summed E-state index contributed by atoms with van der Waals surface area (Å²) in [5.41, 5.74) is 2.14. The van der Waals surface area contributed by atoms with Gasteiger partial charge in [0, 0.05) is 24.0 Å². The van der Waals surface area contributed by atoms with Gasteiger partial charge < -0.3 is 25.5 Å². The molecule has 0 amide bonds. The molecule has 3 atom stereocenters. The number of Topliss-reactive ketones (excluding diaryl/α,β-unsaturated/α-hetero) is 1. The maximum atomic E-state index is 12.1. The number of ketones is 1. The number of phenolic OH excluding ortho intramolecular Hbond substituents is 2. The van der Waals surface area contributed by atoms with Gasteiger partial charge in [0.1, 0.15) is 23.7 Å². The third kappa shape index (κ3) is 3.51. The molecule has 0 unspecified atom stereocenters. The van der Waals surface area contributed by atoms with Gasteiger partial charge in [-0.05, 0) is 41.8 Å². The van der Waals surface area contributed by atoms with Crippen molar-refractivity contribution < 1.29 is 30.3 Å². The van der Waals surface area contributed by atoms with Gasteiger partial charge in [-0.25, -0.2) is 0 Å². The van der Waals surface area contributed by atoms with Crippen LogP contribution < -0.4 is 0 Å². The van der Waals surface area contributed by atoms with E-state index in [4.69, 9.17) is 0 Å². The molecule has 0 saturated carbocycles. The summed E-state index contributed by atoms with van der Waals surface area (Å²) in [4.78, 5) is 12.1. The number of carbonyl (C=O) groups excluding carboxylic acids is 1. The zero-order valence-corrected chi connectivity index (χ0v) is 13.5. The largest absolute Gasteiger partial charge is 0.507 e. The summed E-state index contributed by atoms with van der Waals surface area (Å²) < 4.78 is 0. The van der Waals surface area contributed by atoms with Gasteiger partial charge in [0.2, 0.25) is 0 Å². The quantitative estimate of drug-likeness (QED) is 0.485. The molecule has 25 heavy (non-hydrogen) atoms. The molecule has 3 rings (SSSR count). The first-order valence-corrected chi connectivity index (χ1v) is 8.08. The monoisotopic (exact) mass is 344 g/mol. The van der Waals surface area contributed by atoms with E-state index in [0.29, 0.717) is 23.1 Å². The summed E-state index contributed by atoms with van der Waals surface area (Å²) in [5, 5.41) is 50.5. The lowest BCUT2D eigenvalue weighted by atomic mass is 9.95. The Morgan fingerprint density at radius 1 is 0.800 bits per heavy atom. The Labute approximate surface area is 144 Å². The van der Waals surface area contributed by atoms with Crippen LogP contribution in [-0.4, -0.2) is 49.6 Å². The number of hydrogen-bond donors (Lipinski definition) is 5. The lowest BCUT2D eigenvalue weighted by Gasteiger charge is -2.22. The topological polar surface area (TPSA) is 118 Å².